The summed E-state index contributed by atoms with van der Waals surface area (Å²) in [5.41, 5.74) is 9.45. The molecule has 166 valence electrons. The van der Waals surface area contributed by atoms with Crippen molar-refractivity contribution in [2.24, 2.45) is 4.99 Å². The largest absolute Gasteiger partial charge is 0.319 e. The Morgan fingerprint density at radius 2 is 1.53 bits per heavy atom. The lowest BCUT2D eigenvalue weighted by molar-refractivity contribution is -0.110. The van der Waals surface area contributed by atoms with Crippen molar-refractivity contribution in [1.29, 1.82) is 0 Å². The van der Waals surface area contributed by atoms with Gasteiger partial charge in [-0.05, 0) is 58.5 Å². The van der Waals surface area contributed by atoms with Crippen molar-refractivity contribution >= 4 is 17.3 Å². The first-order valence-corrected chi connectivity index (χ1v) is 11.4. The molecule has 2 aliphatic rings. The summed E-state index contributed by atoms with van der Waals surface area (Å²) in [4.78, 5) is 26.7. The number of anilines is 1. The highest BCUT2D eigenvalue weighted by atomic mass is 16.1. The minimum Gasteiger partial charge on any atom is -0.319 e. The number of benzene rings is 2. The molecule has 8 bridgehead atoms. The van der Waals surface area contributed by atoms with Gasteiger partial charge in [0, 0.05) is 54.9 Å². The van der Waals surface area contributed by atoms with Crippen LogP contribution in [-0.2, 0) is 24.3 Å². The fraction of sp³-hybridized carbons (Fsp3) is 0.143. The van der Waals surface area contributed by atoms with Crippen molar-refractivity contribution in [3.05, 3.63) is 102 Å². The lowest BCUT2D eigenvalue weighted by Gasteiger charge is -2.18. The van der Waals surface area contributed by atoms with Gasteiger partial charge in [0.1, 0.15) is 5.71 Å². The van der Waals surface area contributed by atoms with Crippen LogP contribution in [-0.4, -0.2) is 28.1 Å². The quantitative estimate of drug-likeness (QED) is 0.421. The SMILES string of the molecule is O=C1Nc2cncc(c2)-c2cccc(c2)CNCc2cncc(c2)-c2ccc3c(c2)C1=NCC3. The van der Waals surface area contributed by atoms with Crippen LogP contribution in [0.3, 0.4) is 0 Å². The topological polar surface area (TPSA) is 79.3 Å². The Labute approximate surface area is 197 Å². The number of nitrogens with one attached hydrogen (secondary N) is 2. The number of nitrogens with zero attached hydrogens (tertiary/aromatic N) is 3. The summed E-state index contributed by atoms with van der Waals surface area (Å²) in [6.45, 7) is 2.05. The molecule has 2 N–H and O–H groups in total. The minimum absolute atomic E-state index is 0.219. The highest BCUT2D eigenvalue weighted by Crippen LogP contribution is 2.27. The van der Waals surface area contributed by atoms with Gasteiger partial charge in [0.15, 0.2) is 0 Å². The number of rotatable bonds is 0. The van der Waals surface area contributed by atoms with Gasteiger partial charge in [-0.15, -0.1) is 0 Å². The Morgan fingerprint density at radius 1 is 0.735 bits per heavy atom. The second-order valence-electron chi connectivity index (χ2n) is 8.65. The molecule has 6 heteroatoms. The Hall–Kier alpha value is -4.16. The Kier molecular flexibility index (Phi) is 5.20. The number of carbonyl (C=O) groups is 1. The zero-order valence-corrected chi connectivity index (χ0v) is 18.6. The average molecular weight is 446 g/mol. The first kappa shape index (κ1) is 20.4. The van der Waals surface area contributed by atoms with Crippen molar-refractivity contribution in [2.45, 2.75) is 19.5 Å². The van der Waals surface area contributed by atoms with E-state index in [1.165, 1.54) is 5.56 Å². The number of fused-ring (bicyclic) bond motifs is 9. The molecule has 2 aliphatic heterocycles. The second-order valence-corrected chi connectivity index (χ2v) is 8.65. The second kappa shape index (κ2) is 8.65. The normalized spacial score (nSPS) is 14.9. The number of carbonyl (C=O) groups excluding carboxylic acids is 1. The number of hydrogen-bond acceptors (Lipinski definition) is 5. The summed E-state index contributed by atoms with van der Waals surface area (Å²) >= 11 is 0. The van der Waals surface area contributed by atoms with Gasteiger partial charge >= 0.3 is 0 Å². The Balaban J connectivity index is 1.46. The van der Waals surface area contributed by atoms with Crippen LogP contribution in [0.2, 0.25) is 0 Å². The Morgan fingerprint density at radius 3 is 2.47 bits per heavy atom. The number of pyridine rings is 2. The maximum Gasteiger partial charge on any atom is 0.274 e. The predicted octanol–water partition coefficient (Wildman–Crippen LogP) is 4.40. The molecule has 0 radical (unpaired) electrons. The molecular weight excluding hydrogens is 422 g/mol. The van der Waals surface area contributed by atoms with E-state index in [4.69, 9.17) is 0 Å². The van der Waals surface area contributed by atoms with Gasteiger partial charge in [0.25, 0.3) is 5.91 Å². The first-order chi connectivity index (χ1) is 16.7. The van der Waals surface area contributed by atoms with Gasteiger partial charge in [-0.2, -0.15) is 0 Å². The molecule has 2 aromatic carbocycles. The summed E-state index contributed by atoms with van der Waals surface area (Å²) in [6, 6.07) is 18.7. The van der Waals surface area contributed by atoms with Crippen LogP contribution in [0.25, 0.3) is 22.3 Å². The zero-order valence-electron chi connectivity index (χ0n) is 18.6. The van der Waals surface area contributed by atoms with Gasteiger partial charge in [-0.1, -0.05) is 30.3 Å². The molecule has 6 rings (SSSR count). The molecule has 0 fully saturated rings. The van der Waals surface area contributed by atoms with E-state index in [-0.39, 0.29) is 5.91 Å². The standard InChI is InChI=1S/C28H23N5O/c34-28-27-26-11-22(5-4-20(26)6-7-32-27)23-9-19(14-30-15-23)13-29-12-18-2-1-3-21(8-18)24-10-25(33-28)17-31-16-24/h1-5,8-11,14-17,29H,6-7,12-13H2,(H,33,34). The highest BCUT2D eigenvalue weighted by molar-refractivity contribution is 6.49. The molecule has 4 heterocycles. The van der Waals surface area contributed by atoms with E-state index in [0.29, 0.717) is 24.5 Å². The maximum atomic E-state index is 13.3. The summed E-state index contributed by atoms with van der Waals surface area (Å²) < 4.78 is 0. The van der Waals surface area contributed by atoms with Crippen molar-refractivity contribution in [1.82, 2.24) is 15.3 Å². The van der Waals surface area contributed by atoms with Crippen molar-refractivity contribution in [2.75, 3.05) is 11.9 Å². The summed E-state index contributed by atoms with van der Waals surface area (Å²) in [7, 11) is 0. The third-order valence-corrected chi connectivity index (χ3v) is 6.27. The van der Waals surface area contributed by atoms with Crippen molar-refractivity contribution in [3.63, 3.8) is 0 Å². The summed E-state index contributed by atoms with van der Waals surface area (Å²) in [5, 5.41) is 6.54. The van der Waals surface area contributed by atoms with Crippen LogP contribution in [0.5, 0.6) is 0 Å². The minimum atomic E-state index is -0.219. The van der Waals surface area contributed by atoms with Crippen LogP contribution < -0.4 is 10.6 Å². The first-order valence-electron chi connectivity index (χ1n) is 11.4. The molecule has 0 spiro atoms. The number of amides is 1. The summed E-state index contributed by atoms with van der Waals surface area (Å²) in [5.74, 6) is -0.219. The Bertz CT molecular complexity index is 1440. The smallest absolute Gasteiger partial charge is 0.274 e. The molecule has 0 saturated heterocycles. The van der Waals surface area contributed by atoms with Crippen molar-refractivity contribution < 1.29 is 4.79 Å². The lowest BCUT2D eigenvalue weighted by Crippen LogP contribution is -2.28. The molecule has 4 aromatic rings. The third kappa shape index (κ3) is 4.00. The summed E-state index contributed by atoms with van der Waals surface area (Å²) in [6.07, 6.45) is 8.06. The van der Waals surface area contributed by atoms with Crippen LogP contribution in [0.15, 0.2) is 84.4 Å². The molecule has 0 unspecified atom stereocenters. The van der Waals surface area contributed by atoms with Gasteiger partial charge < -0.3 is 10.6 Å². The van der Waals surface area contributed by atoms with E-state index in [9.17, 15) is 4.79 Å². The van der Waals surface area contributed by atoms with Crippen molar-refractivity contribution in [3.8, 4) is 22.3 Å². The van der Waals surface area contributed by atoms with E-state index in [1.54, 1.807) is 6.20 Å². The molecule has 2 aromatic heterocycles. The molecule has 0 saturated carbocycles. The van der Waals surface area contributed by atoms with Crippen LogP contribution in [0.4, 0.5) is 5.69 Å². The third-order valence-electron chi connectivity index (χ3n) is 6.27. The van der Waals surface area contributed by atoms with Gasteiger partial charge in [-0.3, -0.25) is 19.8 Å². The van der Waals surface area contributed by atoms with E-state index in [0.717, 1.165) is 51.9 Å². The fourth-order valence-electron chi connectivity index (χ4n) is 4.57. The number of aliphatic imine (C=N–C) groups is 1. The van der Waals surface area contributed by atoms with Gasteiger partial charge in [0.2, 0.25) is 0 Å². The molecule has 0 aliphatic carbocycles. The monoisotopic (exact) mass is 445 g/mol. The molecular formula is C28H23N5O. The van der Waals surface area contributed by atoms with E-state index < -0.39 is 0 Å². The highest BCUT2D eigenvalue weighted by Gasteiger charge is 2.22. The van der Waals surface area contributed by atoms with Gasteiger partial charge in [0.05, 0.1) is 11.9 Å². The number of hydrogen-bond donors (Lipinski definition) is 2. The van der Waals surface area contributed by atoms with Gasteiger partial charge in [-0.25, -0.2) is 0 Å². The fourth-order valence-corrected chi connectivity index (χ4v) is 4.57. The van der Waals surface area contributed by atoms with E-state index in [1.807, 2.05) is 30.7 Å². The maximum absolute atomic E-state index is 13.3. The van der Waals surface area contributed by atoms with Crippen LogP contribution >= 0.6 is 0 Å². The van der Waals surface area contributed by atoms with Crippen LogP contribution in [0, 0.1) is 0 Å². The predicted molar refractivity (Wildman–Crippen MR) is 134 cm³/mol. The molecule has 6 nitrogen and oxygen atoms in total. The molecule has 1 amide bonds. The lowest BCUT2D eigenvalue weighted by atomic mass is 9.93. The van der Waals surface area contributed by atoms with Crippen LogP contribution in [0.1, 0.15) is 22.3 Å². The van der Waals surface area contributed by atoms with E-state index in [2.05, 4.69) is 68.1 Å². The van der Waals surface area contributed by atoms with E-state index >= 15 is 0 Å². The molecule has 0 atom stereocenters. The molecule has 34 heavy (non-hydrogen) atoms. The average Bonchev–Trinajstić information content (AvgIpc) is 2.88. The zero-order chi connectivity index (χ0) is 22.9. The number of aromatic nitrogens is 2.